The first-order valence-corrected chi connectivity index (χ1v) is 9.80. The van der Waals surface area contributed by atoms with E-state index in [9.17, 15) is 0 Å². The molecule has 0 amide bonds. The van der Waals surface area contributed by atoms with Crippen molar-refractivity contribution in [3.05, 3.63) is 38.0 Å². The molecule has 21 heavy (non-hydrogen) atoms. The monoisotopic (exact) mass is 457 g/mol. The third-order valence-electron chi connectivity index (χ3n) is 2.94. The molecule has 0 spiro atoms. The van der Waals surface area contributed by atoms with E-state index in [1.807, 2.05) is 18.3 Å². The van der Waals surface area contributed by atoms with Crippen LogP contribution >= 0.6 is 66.3 Å². The minimum absolute atomic E-state index is 0.872. The molecule has 0 bridgehead atoms. The molecule has 0 atom stereocenters. The Labute approximate surface area is 149 Å². The first-order valence-electron chi connectivity index (χ1n) is 5.85. The van der Waals surface area contributed by atoms with Gasteiger partial charge in [0.05, 0.1) is 24.2 Å². The predicted molar refractivity (Wildman–Crippen MR) is 97.2 cm³/mol. The van der Waals surface area contributed by atoms with Gasteiger partial charge >= 0.3 is 0 Å². The largest absolute Gasteiger partial charge is 0.252 e. The maximum Gasteiger partial charge on any atom is 0.132 e. The molecule has 0 saturated heterocycles. The molecule has 3 nitrogen and oxygen atoms in total. The van der Waals surface area contributed by atoms with Crippen LogP contribution in [0.3, 0.4) is 0 Å². The lowest BCUT2D eigenvalue weighted by molar-refractivity contribution is 1.36. The van der Waals surface area contributed by atoms with Crippen LogP contribution in [0.25, 0.3) is 32.0 Å². The zero-order chi connectivity index (χ0) is 14.4. The summed E-state index contributed by atoms with van der Waals surface area (Å²) in [6.07, 6.45) is 1.89. The molecular weight excluding hydrogens is 454 g/mol. The van der Waals surface area contributed by atoms with Crippen molar-refractivity contribution in [1.29, 1.82) is 0 Å². The fourth-order valence-electron chi connectivity index (χ4n) is 2.03. The van der Waals surface area contributed by atoms with Crippen LogP contribution in [0.1, 0.15) is 0 Å². The summed E-state index contributed by atoms with van der Waals surface area (Å²) in [5, 5.41) is 0. The molecule has 0 aliphatic heterocycles. The highest BCUT2D eigenvalue weighted by molar-refractivity contribution is 9.11. The van der Waals surface area contributed by atoms with E-state index in [0.717, 1.165) is 39.6 Å². The Morgan fingerprint density at radius 3 is 2.14 bits per heavy atom. The summed E-state index contributed by atoms with van der Waals surface area (Å²) < 4.78 is 11.1. The summed E-state index contributed by atoms with van der Waals surface area (Å²) in [5.41, 5.74) is 3.72. The summed E-state index contributed by atoms with van der Waals surface area (Å²) in [6.45, 7) is 0. The Kier molecular flexibility index (Phi) is 3.66. The zero-order valence-electron chi connectivity index (χ0n) is 10.2. The summed E-state index contributed by atoms with van der Waals surface area (Å²) in [7, 11) is 0. The van der Waals surface area contributed by atoms with Gasteiger partial charge in [-0.15, -0.1) is 22.7 Å². The van der Waals surface area contributed by atoms with Crippen molar-refractivity contribution in [1.82, 2.24) is 13.7 Å². The zero-order valence-corrected chi connectivity index (χ0v) is 15.8. The normalized spacial score (nSPS) is 11.3. The van der Waals surface area contributed by atoms with Crippen LogP contribution in [-0.4, -0.2) is 13.7 Å². The second-order valence-corrected chi connectivity index (χ2v) is 9.64. The predicted octanol–water partition coefficient (Wildman–Crippen LogP) is 6.07. The number of halogens is 2. The highest BCUT2D eigenvalue weighted by Gasteiger charge is 2.16. The van der Waals surface area contributed by atoms with Crippen molar-refractivity contribution in [2.24, 2.45) is 0 Å². The van der Waals surface area contributed by atoms with Gasteiger partial charge in [0.2, 0.25) is 0 Å². The summed E-state index contributed by atoms with van der Waals surface area (Å²) >= 11 is 11.5. The minimum Gasteiger partial charge on any atom is -0.252 e. The van der Waals surface area contributed by atoms with E-state index in [2.05, 4.69) is 57.7 Å². The number of pyridine rings is 1. The Morgan fingerprint density at radius 1 is 0.810 bits per heavy atom. The quantitative estimate of drug-likeness (QED) is 0.366. The number of hydrogen-bond donors (Lipinski definition) is 0. The van der Waals surface area contributed by atoms with Crippen molar-refractivity contribution in [3.63, 3.8) is 0 Å². The fourth-order valence-corrected chi connectivity index (χ4v) is 5.38. The van der Waals surface area contributed by atoms with E-state index in [0.29, 0.717) is 0 Å². The third-order valence-corrected chi connectivity index (χ3v) is 6.75. The van der Waals surface area contributed by atoms with Crippen molar-refractivity contribution in [2.45, 2.75) is 0 Å². The van der Waals surface area contributed by atoms with Crippen molar-refractivity contribution in [3.8, 4) is 21.0 Å². The average Bonchev–Trinajstić information content (AvgIpc) is 3.18. The number of fused-ring (bicyclic) bond motifs is 1. The van der Waals surface area contributed by atoms with Gasteiger partial charge in [-0.3, -0.25) is 4.98 Å². The molecule has 0 N–H and O–H groups in total. The molecule has 4 aromatic rings. The second kappa shape index (κ2) is 5.51. The Balaban J connectivity index is 1.96. The van der Waals surface area contributed by atoms with Gasteiger partial charge in [0, 0.05) is 16.6 Å². The number of nitrogens with zero attached hydrogens (tertiary/aromatic N) is 3. The molecule has 0 unspecified atom stereocenters. The van der Waals surface area contributed by atoms with Crippen LogP contribution in [0.5, 0.6) is 0 Å². The van der Waals surface area contributed by atoms with Gasteiger partial charge in [-0.25, -0.2) is 0 Å². The standard InChI is InChI=1S/C13H5Br2N3S3/c14-9-3-1-7(19-9)6-5-16-12(8-2-4-10(15)20-8)13-11(6)17-21-18-13/h1-5H. The number of thiophene rings is 2. The van der Waals surface area contributed by atoms with E-state index in [1.165, 1.54) is 11.7 Å². The van der Waals surface area contributed by atoms with Crippen LogP contribution in [0.15, 0.2) is 38.0 Å². The molecule has 104 valence electrons. The van der Waals surface area contributed by atoms with Crippen molar-refractivity contribution < 1.29 is 0 Å². The van der Waals surface area contributed by atoms with Gasteiger partial charge in [-0.1, -0.05) is 0 Å². The first-order chi connectivity index (χ1) is 10.2. The van der Waals surface area contributed by atoms with E-state index in [-0.39, 0.29) is 0 Å². The Hall–Kier alpha value is -0.670. The Morgan fingerprint density at radius 2 is 1.48 bits per heavy atom. The fraction of sp³-hybridized carbons (Fsp3) is 0. The molecule has 0 aromatic carbocycles. The topological polar surface area (TPSA) is 38.7 Å². The van der Waals surface area contributed by atoms with E-state index >= 15 is 0 Å². The van der Waals surface area contributed by atoms with Gasteiger partial charge < -0.3 is 0 Å². The van der Waals surface area contributed by atoms with E-state index in [4.69, 9.17) is 0 Å². The second-order valence-electron chi connectivity index (χ2n) is 4.19. The maximum atomic E-state index is 4.63. The van der Waals surface area contributed by atoms with Gasteiger partial charge in [0.1, 0.15) is 16.7 Å². The molecule has 0 saturated carbocycles. The number of aromatic nitrogens is 3. The molecule has 4 rings (SSSR count). The molecular formula is C13H5Br2N3S3. The molecule has 0 aliphatic rings. The summed E-state index contributed by atoms with van der Waals surface area (Å²) in [4.78, 5) is 6.87. The Bertz CT molecular complexity index is 867. The third kappa shape index (κ3) is 2.49. The summed E-state index contributed by atoms with van der Waals surface area (Å²) in [6, 6.07) is 8.19. The van der Waals surface area contributed by atoms with Crippen LogP contribution in [0, 0.1) is 0 Å². The van der Waals surface area contributed by atoms with E-state index < -0.39 is 0 Å². The number of rotatable bonds is 2. The molecule has 0 fully saturated rings. The highest BCUT2D eigenvalue weighted by Crippen LogP contribution is 2.39. The van der Waals surface area contributed by atoms with E-state index in [1.54, 1.807) is 22.7 Å². The molecule has 0 aliphatic carbocycles. The van der Waals surface area contributed by atoms with Crippen LogP contribution < -0.4 is 0 Å². The van der Waals surface area contributed by atoms with Gasteiger partial charge in [-0.05, 0) is 56.1 Å². The lowest BCUT2D eigenvalue weighted by Crippen LogP contribution is -1.86. The highest BCUT2D eigenvalue weighted by atomic mass is 79.9. The molecule has 8 heteroatoms. The SMILES string of the molecule is Brc1ccc(-c2cnc(-c3ccc(Br)s3)c3nsnc23)s1. The summed E-state index contributed by atoms with van der Waals surface area (Å²) in [5.74, 6) is 0. The van der Waals surface area contributed by atoms with Gasteiger partial charge in [-0.2, -0.15) is 8.75 Å². The average molecular weight is 459 g/mol. The first kappa shape index (κ1) is 14.0. The van der Waals surface area contributed by atoms with Crippen LogP contribution in [0.2, 0.25) is 0 Å². The van der Waals surface area contributed by atoms with Gasteiger partial charge in [0.25, 0.3) is 0 Å². The lowest BCUT2D eigenvalue weighted by Gasteiger charge is -2.02. The molecule has 4 heterocycles. The van der Waals surface area contributed by atoms with Crippen LogP contribution in [0.4, 0.5) is 0 Å². The molecule has 0 radical (unpaired) electrons. The minimum atomic E-state index is 0.872. The van der Waals surface area contributed by atoms with Crippen LogP contribution in [-0.2, 0) is 0 Å². The van der Waals surface area contributed by atoms with Crippen molar-refractivity contribution >= 4 is 77.3 Å². The van der Waals surface area contributed by atoms with Crippen molar-refractivity contribution in [2.75, 3.05) is 0 Å². The van der Waals surface area contributed by atoms with Gasteiger partial charge in [0.15, 0.2) is 0 Å². The maximum absolute atomic E-state index is 4.63. The molecule has 4 aromatic heterocycles. The number of hydrogen-bond acceptors (Lipinski definition) is 6. The smallest absolute Gasteiger partial charge is 0.132 e. The lowest BCUT2D eigenvalue weighted by atomic mass is 10.1.